The number of aliphatic hydroxyl groups is 1. The van der Waals surface area contributed by atoms with Crippen molar-refractivity contribution in [3.8, 4) is 11.5 Å². The van der Waals surface area contributed by atoms with Gasteiger partial charge in [0.25, 0.3) is 5.91 Å². The number of methoxy groups -OCH3 is 2. The highest BCUT2D eigenvalue weighted by Crippen LogP contribution is 2.44. The van der Waals surface area contributed by atoms with E-state index >= 15 is 0 Å². The number of nitrogens with zero attached hydrogens (tertiary/aromatic N) is 1. The highest BCUT2D eigenvalue weighted by atomic mass is 16.5. The van der Waals surface area contributed by atoms with Gasteiger partial charge in [0, 0.05) is 18.5 Å². The highest BCUT2D eigenvalue weighted by Gasteiger charge is 2.44. The fraction of sp³-hybridized carbons (Fsp3) is 0.474. The molecule has 0 radical (unpaired) electrons. The van der Waals surface area contributed by atoms with Gasteiger partial charge in [0.1, 0.15) is 0 Å². The lowest BCUT2D eigenvalue weighted by atomic mass is 9.94. The minimum atomic E-state index is -0.670. The maximum Gasteiger partial charge on any atom is 0.290 e. The summed E-state index contributed by atoms with van der Waals surface area (Å²) < 4.78 is 10.8. The summed E-state index contributed by atoms with van der Waals surface area (Å²) in [5.41, 5.74) is 0.766. The van der Waals surface area contributed by atoms with Gasteiger partial charge in [-0.25, -0.2) is 0 Å². The Kier molecular flexibility index (Phi) is 6.07. The SMILES string of the molecule is CCCCN1C(=O)C(O)=C(C(=O)CC)C1c1cccc(OC)c1OC. The molecular weight excluding hydrogens is 322 g/mol. The summed E-state index contributed by atoms with van der Waals surface area (Å²) in [7, 11) is 3.04. The molecule has 1 unspecified atom stereocenters. The topological polar surface area (TPSA) is 76.1 Å². The number of benzene rings is 1. The van der Waals surface area contributed by atoms with Crippen molar-refractivity contribution < 1.29 is 24.2 Å². The maximum atomic E-state index is 12.6. The molecule has 1 aliphatic rings. The van der Waals surface area contributed by atoms with Crippen LogP contribution in [0.5, 0.6) is 11.5 Å². The summed E-state index contributed by atoms with van der Waals surface area (Å²) in [4.78, 5) is 26.6. The van der Waals surface area contributed by atoms with E-state index in [1.807, 2.05) is 6.92 Å². The fourth-order valence-corrected chi connectivity index (χ4v) is 3.14. The molecule has 0 saturated heterocycles. The van der Waals surface area contributed by atoms with Crippen LogP contribution in [0.1, 0.15) is 44.7 Å². The van der Waals surface area contributed by atoms with E-state index in [1.54, 1.807) is 30.0 Å². The quantitative estimate of drug-likeness (QED) is 0.782. The van der Waals surface area contributed by atoms with E-state index in [2.05, 4.69) is 0 Å². The second kappa shape index (κ2) is 8.05. The second-order valence-corrected chi connectivity index (χ2v) is 5.88. The normalized spacial score (nSPS) is 17.2. The Balaban J connectivity index is 2.63. The van der Waals surface area contributed by atoms with Gasteiger partial charge in [0.15, 0.2) is 23.0 Å². The zero-order valence-electron chi connectivity index (χ0n) is 15.2. The Morgan fingerprint density at radius 2 is 1.96 bits per heavy atom. The lowest BCUT2D eigenvalue weighted by Crippen LogP contribution is -2.32. The Morgan fingerprint density at radius 3 is 2.52 bits per heavy atom. The third-order valence-corrected chi connectivity index (χ3v) is 4.41. The van der Waals surface area contributed by atoms with Crippen molar-refractivity contribution >= 4 is 11.7 Å². The standard InChI is InChI=1S/C19H25NO5/c1-5-7-11-20-16(15(13(21)6-2)17(22)19(20)23)12-9-8-10-14(24-3)18(12)25-4/h8-10,16,22H,5-7,11H2,1-4H3. The molecule has 136 valence electrons. The van der Waals surface area contributed by atoms with Crippen LogP contribution in [0.4, 0.5) is 0 Å². The average molecular weight is 347 g/mol. The molecule has 1 amide bonds. The van der Waals surface area contributed by atoms with Crippen molar-refractivity contribution in [2.45, 2.75) is 39.2 Å². The number of hydrogen-bond acceptors (Lipinski definition) is 5. The lowest BCUT2D eigenvalue weighted by Gasteiger charge is -2.28. The number of rotatable bonds is 8. The zero-order chi connectivity index (χ0) is 18.6. The maximum absolute atomic E-state index is 12.6. The predicted molar refractivity (Wildman–Crippen MR) is 93.9 cm³/mol. The Bertz CT molecular complexity index is 695. The smallest absolute Gasteiger partial charge is 0.290 e. The molecule has 0 aliphatic carbocycles. The summed E-state index contributed by atoms with van der Waals surface area (Å²) in [6, 6.07) is 4.65. The van der Waals surface area contributed by atoms with Crippen molar-refractivity contribution in [2.24, 2.45) is 0 Å². The fourth-order valence-electron chi connectivity index (χ4n) is 3.14. The van der Waals surface area contributed by atoms with Crippen LogP contribution in [0, 0.1) is 0 Å². The van der Waals surface area contributed by atoms with Crippen molar-refractivity contribution in [2.75, 3.05) is 20.8 Å². The van der Waals surface area contributed by atoms with Crippen LogP contribution in [0.25, 0.3) is 0 Å². The number of hydrogen-bond donors (Lipinski definition) is 1. The van der Waals surface area contributed by atoms with E-state index in [1.165, 1.54) is 14.2 Å². The number of para-hydroxylation sites is 1. The molecule has 25 heavy (non-hydrogen) atoms. The first-order valence-corrected chi connectivity index (χ1v) is 8.49. The van der Waals surface area contributed by atoms with Gasteiger partial charge < -0.3 is 19.5 Å². The van der Waals surface area contributed by atoms with Gasteiger partial charge in [-0.05, 0) is 12.5 Å². The minimum Gasteiger partial charge on any atom is -0.503 e. The molecule has 0 fully saturated rings. The molecule has 2 rings (SSSR count). The first kappa shape index (κ1) is 18.8. The summed E-state index contributed by atoms with van der Waals surface area (Å²) in [5.74, 6) is -0.254. The van der Waals surface area contributed by atoms with Crippen LogP contribution in [0.15, 0.2) is 29.5 Å². The molecule has 1 aliphatic heterocycles. The molecule has 0 spiro atoms. The molecule has 1 heterocycles. The van der Waals surface area contributed by atoms with Crippen LogP contribution in [-0.2, 0) is 9.59 Å². The van der Waals surface area contributed by atoms with Gasteiger partial charge in [-0.3, -0.25) is 9.59 Å². The Hall–Kier alpha value is -2.50. The number of aliphatic hydroxyl groups excluding tert-OH is 1. The number of ether oxygens (including phenoxy) is 2. The van der Waals surface area contributed by atoms with Gasteiger partial charge >= 0.3 is 0 Å². The average Bonchev–Trinajstić information content (AvgIpc) is 2.89. The second-order valence-electron chi connectivity index (χ2n) is 5.88. The molecule has 0 saturated carbocycles. The van der Waals surface area contributed by atoms with Crippen LogP contribution in [0.2, 0.25) is 0 Å². The van der Waals surface area contributed by atoms with Gasteiger partial charge in [-0.2, -0.15) is 0 Å². The summed E-state index contributed by atoms with van der Waals surface area (Å²) >= 11 is 0. The van der Waals surface area contributed by atoms with Crippen LogP contribution in [-0.4, -0.2) is 42.5 Å². The van der Waals surface area contributed by atoms with Crippen LogP contribution >= 0.6 is 0 Å². The van der Waals surface area contributed by atoms with Gasteiger partial charge in [0.05, 0.1) is 25.8 Å². The molecule has 1 N–H and O–H groups in total. The number of amides is 1. The number of ketones is 1. The third kappa shape index (κ3) is 3.34. The zero-order valence-corrected chi connectivity index (χ0v) is 15.2. The summed E-state index contributed by atoms with van der Waals surface area (Å²) in [5, 5.41) is 10.3. The molecule has 1 aromatic rings. The monoisotopic (exact) mass is 347 g/mol. The van der Waals surface area contributed by atoms with Crippen molar-refractivity contribution in [1.82, 2.24) is 4.90 Å². The Labute approximate surface area is 148 Å². The number of unbranched alkanes of at least 4 members (excludes halogenated alkanes) is 1. The first-order chi connectivity index (χ1) is 12.0. The molecule has 6 nitrogen and oxygen atoms in total. The first-order valence-electron chi connectivity index (χ1n) is 8.49. The van der Waals surface area contributed by atoms with E-state index < -0.39 is 17.7 Å². The van der Waals surface area contributed by atoms with Crippen molar-refractivity contribution in [3.05, 3.63) is 35.1 Å². The van der Waals surface area contributed by atoms with E-state index in [0.717, 1.165) is 12.8 Å². The Morgan fingerprint density at radius 1 is 1.24 bits per heavy atom. The molecular formula is C19H25NO5. The van der Waals surface area contributed by atoms with E-state index in [0.29, 0.717) is 23.6 Å². The minimum absolute atomic E-state index is 0.134. The predicted octanol–water partition coefficient (Wildman–Crippen LogP) is 3.18. The highest BCUT2D eigenvalue weighted by molar-refractivity contribution is 6.09. The number of Topliss-reactive ketones (excluding diaryl/α,β-unsaturated/α-hetero) is 1. The van der Waals surface area contributed by atoms with Gasteiger partial charge in [-0.1, -0.05) is 32.4 Å². The number of carbonyl (C=O) groups is 2. The molecule has 1 atom stereocenters. The van der Waals surface area contributed by atoms with E-state index in [-0.39, 0.29) is 17.8 Å². The van der Waals surface area contributed by atoms with Crippen molar-refractivity contribution in [3.63, 3.8) is 0 Å². The molecule has 1 aromatic carbocycles. The molecule has 6 heteroatoms. The largest absolute Gasteiger partial charge is 0.503 e. The lowest BCUT2D eigenvalue weighted by molar-refractivity contribution is -0.129. The number of carbonyl (C=O) groups excluding carboxylic acids is 2. The molecule has 0 bridgehead atoms. The van der Waals surface area contributed by atoms with Crippen LogP contribution < -0.4 is 9.47 Å². The summed E-state index contributed by atoms with van der Waals surface area (Å²) in [6.07, 6.45) is 1.87. The van der Waals surface area contributed by atoms with Gasteiger partial charge in [-0.15, -0.1) is 0 Å². The van der Waals surface area contributed by atoms with E-state index in [4.69, 9.17) is 9.47 Å². The van der Waals surface area contributed by atoms with E-state index in [9.17, 15) is 14.7 Å². The summed E-state index contributed by atoms with van der Waals surface area (Å²) in [6.45, 7) is 4.18. The third-order valence-electron chi connectivity index (χ3n) is 4.41. The molecule has 0 aromatic heterocycles. The van der Waals surface area contributed by atoms with Crippen molar-refractivity contribution in [1.29, 1.82) is 0 Å². The van der Waals surface area contributed by atoms with Gasteiger partial charge in [0.2, 0.25) is 0 Å². The van der Waals surface area contributed by atoms with Crippen LogP contribution in [0.3, 0.4) is 0 Å².